The summed E-state index contributed by atoms with van der Waals surface area (Å²) in [6.45, 7) is 7.37. The van der Waals surface area contributed by atoms with Crippen LogP contribution in [0.1, 0.15) is 43.2 Å². The Kier molecular flexibility index (Phi) is 5.28. The molecule has 1 rings (SSSR count). The van der Waals surface area contributed by atoms with Crippen LogP contribution in [-0.4, -0.2) is 34.0 Å². The summed E-state index contributed by atoms with van der Waals surface area (Å²) in [7, 11) is 2.07. The highest BCUT2D eigenvalue weighted by Crippen LogP contribution is 2.12. The van der Waals surface area contributed by atoms with E-state index in [-0.39, 0.29) is 5.56 Å². The van der Waals surface area contributed by atoms with Gasteiger partial charge in [0.25, 0.3) is 0 Å². The Morgan fingerprint density at radius 3 is 2.50 bits per heavy atom. The van der Waals surface area contributed by atoms with Crippen molar-refractivity contribution in [2.24, 2.45) is 5.92 Å². The monoisotopic (exact) mass is 250 g/mol. The van der Waals surface area contributed by atoms with Crippen molar-refractivity contribution in [3.05, 3.63) is 29.6 Å². The van der Waals surface area contributed by atoms with Gasteiger partial charge in [0, 0.05) is 18.8 Å². The third kappa shape index (κ3) is 4.45. The zero-order chi connectivity index (χ0) is 13.7. The van der Waals surface area contributed by atoms with Crippen LogP contribution in [0.15, 0.2) is 18.3 Å². The van der Waals surface area contributed by atoms with Crippen molar-refractivity contribution in [1.82, 2.24) is 9.88 Å². The van der Waals surface area contributed by atoms with Crippen molar-refractivity contribution in [2.45, 2.75) is 39.8 Å². The molecule has 1 unspecified atom stereocenters. The summed E-state index contributed by atoms with van der Waals surface area (Å²) in [4.78, 5) is 17.1. The molecule has 0 amide bonds. The fourth-order valence-electron chi connectivity index (χ4n) is 1.92. The summed E-state index contributed by atoms with van der Waals surface area (Å²) in [5.41, 5.74) is 1.13. The molecular formula is C14H22N2O2. The van der Waals surface area contributed by atoms with Gasteiger partial charge in [0.1, 0.15) is 0 Å². The predicted molar refractivity (Wildman–Crippen MR) is 71.6 cm³/mol. The number of carboxylic acid groups (broad SMARTS) is 1. The SMILES string of the molecule is CC(C)CC(C)N(C)Cc1ccc(C(=O)O)cn1. The van der Waals surface area contributed by atoms with Crippen LogP contribution in [0, 0.1) is 5.92 Å². The second kappa shape index (κ2) is 6.50. The first-order valence-electron chi connectivity index (χ1n) is 6.28. The highest BCUT2D eigenvalue weighted by molar-refractivity contribution is 5.87. The fraction of sp³-hybridized carbons (Fsp3) is 0.571. The Morgan fingerprint density at radius 1 is 1.39 bits per heavy atom. The van der Waals surface area contributed by atoms with E-state index >= 15 is 0 Å². The van der Waals surface area contributed by atoms with Gasteiger partial charge in [0.15, 0.2) is 0 Å². The summed E-state index contributed by atoms with van der Waals surface area (Å²) in [6, 6.07) is 3.87. The molecule has 0 fully saturated rings. The van der Waals surface area contributed by atoms with E-state index in [2.05, 4.69) is 37.7 Å². The summed E-state index contributed by atoms with van der Waals surface area (Å²) in [6.07, 6.45) is 2.56. The van der Waals surface area contributed by atoms with E-state index in [1.165, 1.54) is 6.20 Å². The normalized spacial score (nSPS) is 13.0. The minimum absolute atomic E-state index is 0.233. The van der Waals surface area contributed by atoms with Gasteiger partial charge in [-0.2, -0.15) is 0 Å². The predicted octanol–water partition coefficient (Wildman–Crippen LogP) is 2.65. The molecular weight excluding hydrogens is 228 g/mol. The van der Waals surface area contributed by atoms with Crippen LogP contribution in [-0.2, 0) is 6.54 Å². The zero-order valence-electron chi connectivity index (χ0n) is 11.6. The van der Waals surface area contributed by atoms with Crippen molar-refractivity contribution >= 4 is 5.97 Å². The average molecular weight is 250 g/mol. The molecule has 4 nitrogen and oxygen atoms in total. The third-order valence-electron chi connectivity index (χ3n) is 3.05. The lowest BCUT2D eigenvalue weighted by molar-refractivity contribution is 0.0696. The van der Waals surface area contributed by atoms with E-state index in [1.54, 1.807) is 12.1 Å². The molecule has 0 aliphatic heterocycles. The molecule has 1 aromatic rings. The highest BCUT2D eigenvalue weighted by atomic mass is 16.4. The Morgan fingerprint density at radius 2 is 2.06 bits per heavy atom. The smallest absolute Gasteiger partial charge is 0.337 e. The summed E-state index contributed by atoms with van der Waals surface area (Å²) >= 11 is 0. The van der Waals surface area contributed by atoms with E-state index in [9.17, 15) is 4.79 Å². The maximum absolute atomic E-state index is 10.7. The number of rotatable bonds is 6. The van der Waals surface area contributed by atoms with Gasteiger partial charge >= 0.3 is 5.97 Å². The number of nitrogens with zero attached hydrogens (tertiary/aromatic N) is 2. The van der Waals surface area contributed by atoms with Gasteiger partial charge in [-0.15, -0.1) is 0 Å². The van der Waals surface area contributed by atoms with Gasteiger partial charge in [-0.05, 0) is 38.4 Å². The topological polar surface area (TPSA) is 53.4 Å². The fourth-order valence-corrected chi connectivity index (χ4v) is 1.92. The quantitative estimate of drug-likeness (QED) is 0.843. The lowest BCUT2D eigenvalue weighted by Crippen LogP contribution is -2.30. The lowest BCUT2D eigenvalue weighted by atomic mass is 10.0. The van der Waals surface area contributed by atoms with E-state index in [0.29, 0.717) is 12.0 Å². The average Bonchev–Trinajstić information content (AvgIpc) is 2.28. The molecule has 0 radical (unpaired) electrons. The first-order valence-corrected chi connectivity index (χ1v) is 6.28. The molecule has 1 aromatic heterocycles. The number of carboxylic acids is 1. The molecule has 18 heavy (non-hydrogen) atoms. The van der Waals surface area contributed by atoms with Crippen LogP contribution in [0.25, 0.3) is 0 Å². The molecule has 1 N–H and O–H groups in total. The Hall–Kier alpha value is -1.42. The molecule has 0 aliphatic carbocycles. The molecule has 1 heterocycles. The lowest BCUT2D eigenvalue weighted by Gasteiger charge is -2.25. The summed E-state index contributed by atoms with van der Waals surface area (Å²) < 4.78 is 0. The van der Waals surface area contributed by atoms with Crippen LogP contribution in [0.3, 0.4) is 0 Å². The summed E-state index contributed by atoms with van der Waals surface area (Å²) in [5, 5.41) is 8.79. The third-order valence-corrected chi connectivity index (χ3v) is 3.05. The van der Waals surface area contributed by atoms with E-state index in [0.717, 1.165) is 18.7 Å². The summed E-state index contributed by atoms with van der Waals surface area (Å²) in [5.74, 6) is -0.264. The molecule has 0 aromatic carbocycles. The number of aromatic nitrogens is 1. The second-order valence-electron chi connectivity index (χ2n) is 5.24. The number of carbonyl (C=O) groups is 1. The van der Waals surface area contributed by atoms with Gasteiger partial charge in [0.05, 0.1) is 11.3 Å². The van der Waals surface area contributed by atoms with Crippen LogP contribution in [0.2, 0.25) is 0 Å². The molecule has 0 bridgehead atoms. The molecule has 0 aliphatic rings. The Labute approximate surface area is 109 Å². The minimum Gasteiger partial charge on any atom is -0.478 e. The minimum atomic E-state index is -0.935. The Balaban J connectivity index is 2.59. The van der Waals surface area contributed by atoms with Gasteiger partial charge in [0.2, 0.25) is 0 Å². The van der Waals surface area contributed by atoms with E-state index in [1.807, 2.05) is 0 Å². The van der Waals surface area contributed by atoms with Crippen LogP contribution in [0.5, 0.6) is 0 Å². The second-order valence-corrected chi connectivity index (χ2v) is 5.24. The molecule has 4 heteroatoms. The molecule has 0 saturated carbocycles. The van der Waals surface area contributed by atoms with Gasteiger partial charge in [-0.1, -0.05) is 13.8 Å². The van der Waals surface area contributed by atoms with Crippen molar-refractivity contribution in [3.63, 3.8) is 0 Å². The first-order chi connectivity index (χ1) is 8.40. The molecule has 0 saturated heterocycles. The molecule has 1 atom stereocenters. The maximum Gasteiger partial charge on any atom is 0.337 e. The largest absolute Gasteiger partial charge is 0.478 e. The highest BCUT2D eigenvalue weighted by Gasteiger charge is 2.12. The first kappa shape index (κ1) is 14.6. The van der Waals surface area contributed by atoms with Crippen molar-refractivity contribution in [1.29, 1.82) is 0 Å². The number of hydrogen-bond acceptors (Lipinski definition) is 3. The van der Waals surface area contributed by atoms with Crippen molar-refractivity contribution in [3.8, 4) is 0 Å². The number of pyridine rings is 1. The van der Waals surface area contributed by atoms with Gasteiger partial charge < -0.3 is 5.11 Å². The van der Waals surface area contributed by atoms with Crippen LogP contribution >= 0.6 is 0 Å². The standard InChI is InChI=1S/C14H22N2O2/c1-10(2)7-11(3)16(4)9-13-6-5-12(8-15-13)14(17)18/h5-6,8,10-11H,7,9H2,1-4H3,(H,17,18). The Bertz CT molecular complexity index is 387. The molecule has 100 valence electrons. The van der Waals surface area contributed by atoms with Crippen molar-refractivity contribution in [2.75, 3.05) is 7.05 Å². The molecule has 0 spiro atoms. The van der Waals surface area contributed by atoms with E-state index in [4.69, 9.17) is 5.11 Å². The van der Waals surface area contributed by atoms with Crippen LogP contribution < -0.4 is 0 Å². The van der Waals surface area contributed by atoms with Gasteiger partial charge in [-0.3, -0.25) is 9.88 Å². The zero-order valence-corrected chi connectivity index (χ0v) is 11.6. The van der Waals surface area contributed by atoms with Gasteiger partial charge in [-0.25, -0.2) is 4.79 Å². The number of hydrogen-bond donors (Lipinski definition) is 1. The maximum atomic E-state index is 10.7. The van der Waals surface area contributed by atoms with E-state index < -0.39 is 5.97 Å². The number of aromatic carboxylic acids is 1. The van der Waals surface area contributed by atoms with Crippen molar-refractivity contribution < 1.29 is 9.90 Å². The van der Waals surface area contributed by atoms with Crippen LogP contribution in [0.4, 0.5) is 0 Å².